The Hall–Kier alpha value is -3.29. The van der Waals surface area contributed by atoms with Gasteiger partial charge in [-0.25, -0.2) is 15.0 Å². The van der Waals surface area contributed by atoms with E-state index in [4.69, 9.17) is 0 Å². The second-order valence-electron chi connectivity index (χ2n) is 8.18. The highest BCUT2D eigenvalue weighted by Crippen LogP contribution is 2.26. The van der Waals surface area contributed by atoms with E-state index >= 15 is 0 Å². The van der Waals surface area contributed by atoms with Gasteiger partial charge in [0.2, 0.25) is 0 Å². The predicted molar refractivity (Wildman–Crippen MR) is 111 cm³/mol. The number of aromatic nitrogens is 5. The third-order valence-electron chi connectivity index (χ3n) is 4.90. The van der Waals surface area contributed by atoms with E-state index in [1.807, 2.05) is 12.1 Å². The topological polar surface area (TPSA) is 88.8 Å². The Bertz CT molecular complexity index is 984. The molecule has 0 bridgehead atoms. The standard InChI is InChI=1S/C21H25N7O/c1-21(2,3)16-13-18(28(26-16)20-22-9-6-10-23-20)25-19(29)15-7-8-17(24-14-15)27-11-4-5-12-27/h6-10,13-14H,4-5,11-12H2,1-3H3,(H,25,29). The van der Waals surface area contributed by atoms with Gasteiger partial charge in [-0.1, -0.05) is 20.8 Å². The highest BCUT2D eigenvalue weighted by atomic mass is 16.1. The number of anilines is 2. The molecule has 4 rings (SSSR count). The number of hydrogen-bond acceptors (Lipinski definition) is 6. The summed E-state index contributed by atoms with van der Waals surface area (Å²) >= 11 is 0. The van der Waals surface area contributed by atoms with E-state index in [1.165, 1.54) is 12.8 Å². The van der Waals surface area contributed by atoms with E-state index in [0.717, 1.165) is 24.6 Å². The van der Waals surface area contributed by atoms with Crippen molar-refractivity contribution in [3.8, 4) is 5.95 Å². The zero-order chi connectivity index (χ0) is 20.4. The number of hydrogen-bond donors (Lipinski definition) is 1. The first-order chi connectivity index (χ1) is 13.9. The Morgan fingerprint density at radius 1 is 1.07 bits per heavy atom. The van der Waals surface area contributed by atoms with Gasteiger partial charge in [-0.3, -0.25) is 4.79 Å². The third-order valence-corrected chi connectivity index (χ3v) is 4.90. The number of carbonyl (C=O) groups is 1. The molecule has 0 aromatic carbocycles. The van der Waals surface area contributed by atoms with Gasteiger partial charge < -0.3 is 10.2 Å². The van der Waals surface area contributed by atoms with Crippen LogP contribution in [-0.4, -0.2) is 43.7 Å². The van der Waals surface area contributed by atoms with E-state index in [0.29, 0.717) is 17.3 Å². The van der Waals surface area contributed by atoms with Crippen LogP contribution in [0.1, 0.15) is 49.7 Å². The van der Waals surface area contributed by atoms with Gasteiger partial charge in [0.25, 0.3) is 11.9 Å². The summed E-state index contributed by atoms with van der Waals surface area (Å²) in [4.78, 5) is 28.1. The van der Waals surface area contributed by atoms with Crippen LogP contribution in [0, 0.1) is 0 Å². The van der Waals surface area contributed by atoms with Gasteiger partial charge in [0.15, 0.2) is 0 Å². The average Bonchev–Trinajstić information content (AvgIpc) is 3.39. The van der Waals surface area contributed by atoms with Crippen molar-refractivity contribution in [2.45, 2.75) is 39.0 Å². The van der Waals surface area contributed by atoms with E-state index < -0.39 is 0 Å². The number of pyridine rings is 1. The molecule has 3 aromatic rings. The van der Waals surface area contributed by atoms with Crippen molar-refractivity contribution in [1.29, 1.82) is 0 Å². The Labute approximate surface area is 170 Å². The maximum absolute atomic E-state index is 12.8. The first kappa shape index (κ1) is 19.0. The minimum absolute atomic E-state index is 0.182. The maximum Gasteiger partial charge on any atom is 0.258 e. The molecule has 0 atom stereocenters. The van der Waals surface area contributed by atoms with Crippen molar-refractivity contribution >= 4 is 17.5 Å². The van der Waals surface area contributed by atoms with Crippen LogP contribution in [0.2, 0.25) is 0 Å². The monoisotopic (exact) mass is 391 g/mol. The third kappa shape index (κ3) is 4.11. The minimum atomic E-state index is -0.247. The molecule has 1 fully saturated rings. The summed E-state index contributed by atoms with van der Waals surface area (Å²) in [6.07, 6.45) is 7.28. The minimum Gasteiger partial charge on any atom is -0.357 e. The fourth-order valence-electron chi connectivity index (χ4n) is 3.23. The van der Waals surface area contributed by atoms with Crippen molar-refractivity contribution in [1.82, 2.24) is 24.7 Å². The fraction of sp³-hybridized carbons (Fsp3) is 0.381. The van der Waals surface area contributed by atoms with Crippen molar-refractivity contribution in [3.63, 3.8) is 0 Å². The molecule has 0 radical (unpaired) electrons. The molecule has 8 heteroatoms. The van der Waals surface area contributed by atoms with Crippen LogP contribution in [0.15, 0.2) is 42.9 Å². The second-order valence-corrected chi connectivity index (χ2v) is 8.18. The molecule has 0 aliphatic carbocycles. The van der Waals surface area contributed by atoms with Crippen LogP contribution in [0.4, 0.5) is 11.6 Å². The second kappa shape index (κ2) is 7.62. The SMILES string of the molecule is CC(C)(C)c1cc(NC(=O)c2ccc(N3CCCC3)nc2)n(-c2ncccn2)n1. The average molecular weight is 391 g/mol. The summed E-state index contributed by atoms with van der Waals surface area (Å²) in [6, 6.07) is 7.31. The molecule has 0 spiro atoms. The first-order valence-corrected chi connectivity index (χ1v) is 9.82. The normalized spacial score (nSPS) is 14.2. The van der Waals surface area contributed by atoms with Crippen molar-refractivity contribution < 1.29 is 4.79 Å². The van der Waals surface area contributed by atoms with Crippen molar-refractivity contribution in [3.05, 3.63) is 54.1 Å². The summed E-state index contributed by atoms with van der Waals surface area (Å²) in [5, 5.41) is 7.55. The molecule has 3 aromatic heterocycles. The molecule has 8 nitrogen and oxygen atoms in total. The Kier molecular flexibility index (Phi) is 5.00. The zero-order valence-electron chi connectivity index (χ0n) is 17.0. The lowest BCUT2D eigenvalue weighted by molar-refractivity contribution is 0.102. The van der Waals surface area contributed by atoms with Crippen LogP contribution in [0.5, 0.6) is 0 Å². The number of nitrogens with one attached hydrogen (secondary N) is 1. The fourth-order valence-corrected chi connectivity index (χ4v) is 3.23. The predicted octanol–water partition coefficient (Wildman–Crippen LogP) is 3.21. The molecule has 150 valence electrons. The Morgan fingerprint density at radius 2 is 1.79 bits per heavy atom. The summed E-state index contributed by atoms with van der Waals surface area (Å²) in [5.41, 5.74) is 1.15. The van der Waals surface area contributed by atoms with Gasteiger partial charge in [-0.15, -0.1) is 0 Å². The Balaban J connectivity index is 1.59. The van der Waals surface area contributed by atoms with Gasteiger partial charge >= 0.3 is 0 Å². The van der Waals surface area contributed by atoms with Gasteiger partial charge in [0, 0.05) is 43.2 Å². The molecule has 29 heavy (non-hydrogen) atoms. The molecule has 0 unspecified atom stereocenters. The summed E-state index contributed by atoms with van der Waals surface area (Å²) in [7, 11) is 0. The van der Waals surface area contributed by atoms with Crippen molar-refractivity contribution in [2.24, 2.45) is 0 Å². The van der Waals surface area contributed by atoms with Gasteiger partial charge in [-0.2, -0.15) is 9.78 Å². The number of carbonyl (C=O) groups excluding carboxylic acids is 1. The lowest BCUT2D eigenvalue weighted by Crippen LogP contribution is -2.20. The van der Waals surface area contributed by atoms with Gasteiger partial charge in [0.1, 0.15) is 11.6 Å². The Morgan fingerprint density at radius 3 is 2.41 bits per heavy atom. The van der Waals surface area contributed by atoms with Crippen LogP contribution < -0.4 is 10.2 Å². The molecule has 1 N–H and O–H groups in total. The van der Waals surface area contributed by atoms with E-state index in [9.17, 15) is 4.79 Å². The first-order valence-electron chi connectivity index (χ1n) is 9.82. The molecular formula is C21H25N7O. The summed E-state index contributed by atoms with van der Waals surface area (Å²) in [5.74, 6) is 1.59. The summed E-state index contributed by atoms with van der Waals surface area (Å²) < 4.78 is 1.56. The summed E-state index contributed by atoms with van der Waals surface area (Å²) in [6.45, 7) is 8.24. The highest BCUT2D eigenvalue weighted by Gasteiger charge is 2.23. The highest BCUT2D eigenvalue weighted by molar-refractivity contribution is 6.03. The zero-order valence-corrected chi connectivity index (χ0v) is 17.0. The number of rotatable bonds is 4. The molecule has 1 aliphatic rings. The largest absolute Gasteiger partial charge is 0.357 e. The van der Waals surface area contributed by atoms with Crippen LogP contribution in [-0.2, 0) is 5.41 Å². The molecule has 0 saturated carbocycles. The lowest BCUT2D eigenvalue weighted by atomic mass is 9.92. The number of amides is 1. The number of nitrogens with zero attached hydrogens (tertiary/aromatic N) is 6. The van der Waals surface area contributed by atoms with E-state index in [-0.39, 0.29) is 11.3 Å². The van der Waals surface area contributed by atoms with E-state index in [2.05, 4.69) is 51.0 Å². The molecule has 1 aliphatic heterocycles. The maximum atomic E-state index is 12.8. The van der Waals surface area contributed by atoms with Gasteiger partial charge in [-0.05, 0) is 31.0 Å². The quantitative estimate of drug-likeness (QED) is 0.735. The van der Waals surface area contributed by atoms with Crippen molar-refractivity contribution in [2.75, 3.05) is 23.3 Å². The molecule has 1 saturated heterocycles. The molecular weight excluding hydrogens is 366 g/mol. The smallest absolute Gasteiger partial charge is 0.258 e. The molecule has 4 heterocycles. The van der Waals surface area contributed by atoms with Crippen LogP contribution in [0.25, 0.3) is 5.95 Å². The van der Waals surface area contributed by atoms with Crippen LogP contribution in [0.3, 0.4) is 0 Å². The molecule has 1 amide bonds. The lowest BCUT2D eigenvalue weighted by Gasteiger charge is -2.16. The van der Waals surface area contributed by atoms with Gasteiger partial charge in [0.05, 0.1) is 11.3 Å². The van der Waals surface area contributed by atoms with E-state index in [1.54, 1.807) is 35.4 Å². The van der Waals surface area contributed by atoms with Crippen LogP contribution >= 0.6 is 0 Å².